The van der Waals surface area contributed by atoms with Gasteiger partial charge in [0.25, 0.3) is 0 Å². The molecule has 0 N–H and O–H groups in total. The number of furan rings is 1. The first kappa shape index (κ1) is 11.2. The van der Waals surface area contributed by atoms with Gasteiger partial charge >= 0.3 is 0 Å². The molecule has 0 saturated carbocycles. The predicted molar refractivity (Wildman–Crippen MR) is 79.5 cm³/mol. The first-order chi connectivity index (χ1) is 9.83. The third-order valence-corrected chi connectivity index (χ3v) is 3.46. The summed E-state index contributed by atoms with van der Waals surface area (Å²) in [5.41, 5.74) is 4.60. The van der Waals surface area contributed by atoms with E-state index in [1.54, 1.807) is 12.4 Å². The summed E-state index contributed by atoms with van der Waals surface area (Å²) in [6, 6.07) is 14.1. The highest BCUT2D eigenvalue weighted by molar-refractivity contribution is 6.09. The van der Waals surface area contributed by atoms with Crippen molar-refractivity contribution in [1.29, 1.82) is 0 Å². The van der Waals surface area contributed by atoms with Crippen molar-refractivity contribution in [2.75, 3.05) is 0 Å². The Labute approximate surface area is 115 Å². The van der Waals surface area contributed by atoms with Gasteiger partial charge in [-0.05, 0) is 31.2 Å². The second-order valence-electron chi connectivity index (χ2n) is 4.82. The molecule has 96 valence electrons. The molecule has 0 bridgehead atoms. The number of benzene rings is 1. The van der Waals surface area contributed by atoms with Gasteiger partial charge in [-0.3, -0.25) is 9.97 Å². The van der Waals surface area contributed by atoms with E-state index < -0.39 is 0 Å². The van der Waals surface area contributed by atoms with Crippen molar-refractivity contribution in [2.24, 2.45) is 0 Å². The van der Waals surface area contributed by atoms with Crippen molar-refractivity contribution >= 4 is 21.9 Å². The van der Waals surface area contributed by atoms with Gasteiger partial charge in [-0.15, -0.1) is 0 Å². The summed E-state index contributed by atoms with van der Waals surface area (Å²) in [5, 5.41) is 2.21. The highest BCUT2D eigenvalue weighted by atomic mass is 16.3. The molecule has 0 fully saturated rings. The number of hydrogen-bond acceptors (Lipinski definition) is 3. The van der Waals surface area contributed by atoms with E-state index >= 15 is 0 Å². The highest BCUT2D eigenvalue weighted by Gasteiger charge is 2.12. The van der Waals surface area contributed by atoms with Gasteiger partial charge in [0, 0.05) is 28.2 Å². The maximum absolute atomic E-state index is 5.99. The lowest BCUT2D eigenvalue weighted by atomic mass is 10.1. The summed E-state index contributed by atoms with van der Waals surface area (Å²) in [6.07, 6.45) is 3.58. The van der Waals surface area contributed by atoms with Gasteiger partial charge in [0.05, 0.1) is 11.9 Å². The van der Waals surface area contributed by atoms with Crippen molar-refractivity contribution in [1.82, 2.24) is 9.97 Å². The molecule has 0 spiro atoms. The van der Waals surface area contributed by atoms with Crippen LogP contribution < -0.4 is 0 Å². The molecule has 0 radical (unpaired) electrons. The Kier molecular flexibility index (Phi) is 2.33. The Balaban J connectivity index is 2.11. The predicted octanol–water partition coefficient (Wildman–Crippen LogP) is 4.35. The Morgan fingerprint density at radius 3 is 2.75 bits per heavy atom. The number of pyridine rings is 2. The van der Waals surface area contributed by atoms with E-state index in [4.69, 9.17) is 4.42 Å². The van der Waals surface area contributed by atoms with Gasteiger partial charge in [-0.2, -0.15) is 0 Å². The zero-order chi connectivity index (χ0) is 13.5. The molecule has 0 aliphatic carbocycles. The zero-order valence-electron chi connectivity index (χ0n) is 11.0. The lowest BCUT2D eigenvalue weighted by Crippen LogP contribution is -1.82. The van der Waals surface area contributed by atoms with E-state index in [1.807, 2.05) is 37.3 Å². The Hall–Kier alpha value is -2.68. The number of para-hydroxylation sites is 1. The molecule has 3 heterocycles. The molecule has 3 heteroatoms. The molecule has 4 aromatic rings. The van der Waals surface area contributed by atoms with Crippen molar-refractivity contribution < 1.29 is 4.42 Å². The van der Waals surface area contributed by atoms with Crippen molar-refractivity contribution in [3.05, 3.63) is 60.6 Å². The van der Waals surface area contributed by atoms with Crippen LogP contribution in [0.15, 0.2) is 59.3 Å². The minimum Gasteiger partial charge on any atom is -0.454 e. The van der Waals surface area contributed by atoms with E-state index in [1.165, 1.54) is 0 Å². The smallest absolute Gasteiger partial charge is 0.153 e. The van der Waals surface area contributed by atoms with Crippen LogP contribution >= 0.6 is 0 Å². The summed E-state index contributed by atoms with van der Waals surface area (Å²) in [5.74, 6) is 0. The number of hydrogen-bond donors (Lipinski definition) is 0. The third-order valence-electron chi connectivity index (χ3n) is 3.46. The largest absolute Gasteiger partial charge is 0.454 e. The van der Waals surface area contributed by atoms with Crippen LogP contribution in [0.3, 0.4) is 0 Å². The molecule has 0 amide bonds. The summed E-state index contributed by atoms with van der Waals surface area (Å²) in [4.78, 5) is 8.71. The highest BCUT2D eigenvalue weighted by Crippen LogP contribution is 2.34. The van der Waals surface area contributed by atoms with Gasteiger partial charge in [0.2, 0.25) is 0 Å². The van der Waals surface area contributed by atoms with Crippen molar-refractivity contribution in [2.45, 2.75) is 6.92 Å². The summed E-state index contributed by atoms with van der Waals surface area (Å²) < 4.78 is 5.99. The van der Waals surface area contributed by atoms with E-state index in [0.717, 1.165) is 38.9 Å². The van der Waals surface area contributed by atoms with Gasteiger partial charge in [0.1, 0.15) is 5.58 Å². The van der Waals surface area contributed by atoms with Crippen LogP contribution in [0.2, 0.25) is 0 Å². The summed E-state index contributed by atoms with van der Waals surface area (Å²) in [6.45, 7) is 1.99. The first-order valence-electron chi connectivity index (χ1n) is 6.52. The fraction of sp³-hybridized carbons (Fsp3) is 0.0588. The van der Waals surface area contributed by atoms with Gasteiger partial charge in [-0.1, -0.05) is 18.2 Å². The van der Waals surface area contributed by atoms with Crippen LogP contribution in [0.5, 0.6) is 0 Å². The number of fused-ring (bicyclic) bond motifs is 3. The standard InChI is InChI=1S/C17H12N2O/c1-11-9-14-12-5-4-6-13(15-7-2-3-8-18-15)17(12)20-16(14)10-19-11/h2-10H,1H3. The molecule has 1 aromatic carbocycles. The zero-order valence-corrected chi connectivity index (χ0v) is 11.0. The van der Waals surface area contributed by atoms with E-state index in [0.29, 0.717) is 0 Å². The monoisotopic (exact) mass is 260 g/mol. The van der Waals surface area contributed by atoms with E-state index in [9.17, 15) is 0 Å². The van der Waals surface area contributed by atoms with Crippen LogP contribution in [0.1, 0.15) is 5.69 Å². The SMILES string of the molecule is Cc1cc2c(cn1)oc1c(-c3ccccn3)cccc12. The Morgan fingerprint density at radius 1 is 0.950 bits per heavy atom. The second-order valence-corrected chi connectivity index (χ2v) is 4.82. The van der Waals surface area contributed by atoms with Crippen LogP contribution in [-0.2, 0) is 0 Å². The maximum Gasteiger partial charge on any atom is 0.153 e. The number of aromatic nitrogens is 2. The topological polar surface area (TPSA) is 38.9 Å². The number of aryl methyl sites for hydroxylation is 1. The molecular formula is C17H12N2O. The van der Waals surface area contributed by atoms with Gasteiger partial charge in [0.15, 0.2) is 5.58 Å². The molecule has 0 aliphatic heterocycles. The normalized spacial score (nSPS) is 11.2. The van der Waals surface area contributed by atoms with E-state index in [2.05, 4.69) is 22.1 Å². The quantitative estimate of drug-likeness (QED) is 0.510. The number of rotatable bonds is 1. The minimum atomic E-state index is 0.814. The molecule has 3 nitrogen and oxygen atoms in total. The average Bonchev–Trinajstić information content (AvgIpc) is 2.86. The van der Waals surface area contributed by atoms with Crippen LogP contribution in [0.25, 0.3) is 33.2 Å². The average molecular weight is 260 g/mol. The third kappa shape index (κ3) is 1.60. The lowest BCUT2D eigenvalue weighted by molar-refractivity contribution is 0.667. The Bertz CT molecular complexity index is 910. The van der Waals surface area contributed by atoms with Gasteiger partial charge in [-0.25, -0.2) is 0 Å². The molecule has 3 aromatic heterocycles. The first-order valence-corrected chi connectivity index (χ1v) is 6.52. The van der Waals surface area contributed by atoms with E-state index in [-0.39, 0.29) is 0 Å². The van der Waals surface area contributed by atoms with Crippen LogP contribution in [0, 0.1) is 6.92 Å². The van der Waals surface area contributed by atoms with Gasteiger partial charge < -0.3 is 4.42 Å². The van der Waals surface area contributed by atoms with Crippen molar-refractivity contribution in [3.8, 4) is 11.3 Å². The molecule has 0 atom stereocenters. The molecular weight excluding hydrogens is 248 g/mol. The lowest BCUT2D eigenvalue weighted by Gasteiger charge is -2.00. The second kappa shape index (κ2) is 4.17. The summed E-state index contributed by atoms with van der Waals surface area (Å²) in [7, 11) is 0. The van der Waals surface area contributed by atoms with Crippen molar-refractivity contribution in [3.63, 3.8) is 0 Å². The maximum atomic E-state index is 5.99. The molecule has 0 unspecified atom stereocenters. The fourth-order valence-electron chi connectivity index (χ4n) is 2.53. The molecule has 0 saturated heterocycles. The summed E-state index contributed by atoms with van der Waals surface area (Å²) >= 11 is 0. The molecule has 20 heavy (non-hydrogen) atoms. The number of nitrogens with zero attached hydrogens (tertiary/aromatic N) is 2. The Morgan fingerprint density at radius 2 is 1.90 bits per heavy atom. The molecule has 4 rings (SSSR count). The van der Waals surface area contributed by atoms with Crippen LogP contribution in [0.4, 0.5) is 0 Å². The van der Waals surface area contributed by atoms with Crippen LogP contribution in [-0.4, -0.2) is 9.97 Å². The fourth-order valence-corrected chi connectivity index (χ4v) is 2.53. The molecule has 0 aliphatic rings. The minimum absolute atomic E-state index is 0.814.